The second-order valence-corrected chi connectivity index (χ2v) is 8.30. The highest BCUT2D eigenvalue weighted by Gasteiger charge is 2.29. The number of carbonyl (C=O) groups is 1. The maximum absolute atomic E-state index is 13.1. The Balaban J connectivity index is 0.000000656. The van der Waals surface area contributed by atoms with E-state index in [1.54, 1.807) is 4.68 Å². The number of halogens is 4. The number of likely N-dealkylation sites (N-methyl/N-ethyl adjacent to an activating group) is 1. The number of alkyl halides is 3. The molecule has 0 bridgehead atoms. The molecule has 0 amide bonds. The lowest BCUT2D eigenvalue weighted by molar-refractivity contribution is -0.156. The van der Waals surface area contributed by atoms with Crippen LogP contribution >= 0.6 is 0 Å². The van der Waals surface area contributed by atoms with Crippen LogP contribution < -0.4 is 5.32 Å². The van der Waals surface area contributed by atoms with Gasteiger partial charge in [-0.15, -0.1) is 0 Å². The Hall–Kier alpha value is -2.27. The first kappa shape index (κ1) is 25.8. The molecule has 11 heteroatoms. The molecular formula is C19H25F4N3O3S. The molecule has 0 saturated heterocycles. The monoisotopic (exact) mass is 451 g/mol. The summed E-state index contributed by atoms with van der Waals surface area (Å²) >= 11 is 0. The molecule has 1 heterocycles. The van der Waals surface area contributed by atoms with Crippen molar-refractivity contribution >= 4 is 16.1 Å². The fourth-order valence-corrected chi connectivity index (χ4v) is 4.44. The van der Waals surface area contributed by atoms with Crippen molar-refractivity contribution in [1.82, 2.24) is 15.1 Å². The van der Waals surface area contributed by atoms with Crippen LogP contribution in [-0.2, 0) is 34.0 Å². The van der Waals surface area contributed by atoms with Crippen LogP contribution in [0.1, 0.15) is 32.2 Å². The Morgan fingerprint density at radius 1 is 1.17 bits per heavy atom. The number of aldehydes is 1. The first-order valence-corrected chi connectivity index (χ1v) is 10.7. The van der Waals surface area contributed by atoms with Crippen LogP contribution in [0.4, 0.5) is 17.6 Å². The van der Waals surface area contributed by atoms with Crippen LogP contribution in [-0.4, -0.2) is 43.8 Å². The van der Waals surface area contributed by atoms with Gasteiger partial charge in [-0.25, -0.2) is 12.8 Å². The summed E-state index contributed by atoms with van der Waals surface area (Å²) in [6.45, 7) is 6.41. The number of hydrogen-bond acceptors (Lipinski definition) is 5. The van der Waals surface area contributed by atoms with E-state index in [-0.39, 0.29) is 15.8 Å². The predicted molar refractivity (Wildman–Crippen MR) is 103 cm³/mol. The van der Waals surface area contributed by atoms with Crippen LogP contribution in [0, 0.1) is 5.82 Å². The lowest BCUT2D eigenvalue weighted by atomic mass is 10.2. The molecular weight excluding hydrogens is 426 g/mol. The Morgan fingerprint density at radius 2 is 1.70 bits per heavy atom. The first-order valence-electron chi connectivity index (χ1n) is 9.20. The molecule has 1 aromatic carbocycles. The molecule has 0 aliphatic rings. The SMILES string of the molecule is CCc1nn(C[C@H](C)NC)c(CC)c1S(=O)(=O)c1ccc(F)cc1.O=CC(F)(F)F. The van der Waals surface area contributed by atoms with E-state index < -0.39 is 28.1 Å². The van der Waals surface area contributed by atoms with Crippen LogP contribution in [0.25, 0.3) is 0 Å². The zero-order valence-electron chi connectivity index (χ0n) is 17.1. The third kappa shape index (κ3) is 6.63. The molecule has 30 heavy (non-hydrogen) atoms. The van der Waals surface area contributed by atoms with Crippen LogP contribution in [0.15, 0.2) is 34.1 Å². The van der Waals surface area contributed by atoms with Crippen LogP contribution in [0.5, 0.6) is 0 Å². The number of nitrogens with one attached hydrogen (secondary N) is 1. The molecule has 0 radical (unpaired) electrons. The van der Waals surface area contributed by atoms with E-state index in [4.69, 9.17) is 4.79 Å². The van der Waals surface area contributed by atoms with Crippen molar-refractivity contribution in [2.45, 2.75) is 62.2 Å². The molecule has 1 N–H and O–H groups in total. The van der Waals surface area contributed by atoms with Gasteiger partial charge in [0.15, 0.2) is 0 Å². The number of aryl methyl sites for hydroxylation is 1. The second-order valence-electron chi connectivity index (χ2n) is 6.42. The van der Waals surface area contributed by atoms with Gasteiger partial charge in [0.05, 0.1) is 22.8 Å². The maximum atomic E-state index is 13.1. The molecule has 1 atom stereocenters. The van der Waals surface area contributed by atoms with Crippen molar-refractivity contribution in [2.75, 3.05) is 7.05 Å². The Bertz CT molecular complexity index is 939. The van der Waals surface area contributed by atoms with Gasteiger partial charge in [0.1, 0.15) is 10.7 Å². The van der Waals surface area contributed by atoms with Gasteiger partial charge in [-0.05, 0) is 51.1 Å². The second kappa shape index (κ2) is 10.7. The highest BCUT2D eigenvalue weighted by Crippen LogP contribution is 2.28. The van der Waals surface area contributed by atoms with Gasteiger partial charge in [0.2, 0.25) is 16.1 Å². The highest BCUT2D eigenvalue weighted by atomic mass is 32.2. The third-order valence-electron chi connectivity index (χ3n) is 4.21. The smallest absolute Gasteiger partial charge is 0.315 e. The molecule has 0 saturated carbocycles. The summed E-state index contributed by atoms with van der Waals surface area (Å²) < 4.78 is 72.3. The lowest BCUT2D eigenvalue weighted by Gasteiger charge is -2.13. The standard InChI is InChI=1S/C17H24FN3O2S.C2HF3O/c1-5-15-17(16(6-2)21(20-15)11-12(3)19-4)24(22,23)14-9-7-13(18)8-10-14;3-2(4,5)1-6/h7-10,12,19H,5-6,11H2,1-4H3;1H/t12-;/m0./s1. The summed E-state index contributed by atoms with van der Waals surface area (Å²) in [5.41, 5.74) is 1.25. The minimum atomic E-state index is -4.64. The van der Waals surface area contributed by atoms with Gasteiger partial charge in [-0.3, -0.25) is 9.48 Å². The van der Waals surface area contributed by atoms with Crippen LogP contribution in [0.2, 0.25) is 0 Å². The summed E-state index contributed by atoms with van der Waals surface area (Å²) in [5, 5.41) is 7.66. The molecule has 2 rings (SSSR count). The fraction of sp³-hybridized carbons (Fsp3) is 0.474. The quantitative estimate of drug-likeness (QED) is 0.397. The minimum absolute atomic E-state index is 0.0921. The van der Waals surface area contributed by atoms with Gasteiger partial charge in [-0.2, -0.15) is 18.3 Å². The van der Waals surface area contributed by atoms with Crippen molar-refractivity contribution in [1.29, 1.82) is 0 Å². The summed E-state index contributed by atoms with van der Waals surface area (Å²) in [4.78, 5) is 9.06. The summed E-state index contributed by atoms with van der Waals surface area (Å²) in [7, 11) is -1.88. The molecule has 168 valence electrons. The normalized spacial score (nSPS) is 12.8. The molecule has 2 aromatic rings. The Kier molecular flexibility index (Phi) is 9.16. The highest BCUT2D eigenvalue weighted by molar-refractivity contribution is 7.91. The first-order chi connectivity index (χ1) is 13.9. The number of sulfone groups is 1. The predicted octanol–water partition coefficient (Wildman–Crippen LogP) is 3.34. The van der Waals surface area contributed by atoms with Gasteiger partial charge >= 0.3 is 6.18 Å². The van der Waals surface area contributed by atoms with E-state index in [0.717, 1.165) is 12.1 Å². The zero-order valence-corrected chi connectivity index (χ0v) is 17.9. The number of benzene rings is 1. The molecule has 1 aromatic heterocycles. The number of carbonyl (C=O) groups excluding carboxylic acids is 1. The summed E-state index contributed by atoms with van der Waals surface area (Å²) in [5.74, 6) is -0.459. The van der Waals surface area contributed by atoms with E-state index >= 15 is 0 Å². The topological polar surface area (TPSA) is 81.1 Å². The van der Waals surface area contributed by atoms with Gasteiger partial charge in [0, 0.05) is 6.04 Å². The van der Waals surface area contributed by atoms with Crippen molar-refractivity contribution in [3.63, 3.8) is 0 Å². The van der Waals surface area contributed by atoms with Crippen molar-refractivity contribution in [3.05, 3.63) is 41.5 Å². The van der Waals surface area contributed by atoms with Gasteiger partial charge in [0.25, 0.3) is 0 Å². The van der Waals surface area contributed by atoms with E-state index in [1.165, 1.54) is 12.1 Å². The Morgan fingerprint density at radius 3 is 2.10 bits per heavy atom. The average Bonchev–Trinajstić information content (AvgIpc) is 3.06. The molecule has 0 aliphatic heterocycles. The molecule has 6 nitrogen and oxygen atoms in total. The largest absolute Gasteiger partial charge is 0.446 e. The average molecular weight is 451 g/mol. The third-order valence-corrected chi connectivity index (χ3v) is 6.11. The summed E-state index contributed by atoms with van der Waals surface area (Å²) in [6.07, 6.45) is -4.63. The summed E-state index contributed by atoms with van der Waals surface area (Å²) in [6, 6.07) is 5.10. The van der Waals surface area contributed by atoms with E-state index in [1.807, 2.05) is 27.8 Å². The fourth-order valence-electron chi connectivity index (χ4n) is 2.65. The molecule has 0 spiro atoms. The van der Waals surface area contributed by atoms with Crippen LogP contribution in [0.3, 0.4) is 0 Å². The number of rotatable bonds is 7. The maximum Gasteiger partial charge on any atom is 0.446 e. The van der Waals surface area contributed by atoms with E-state index in [9.17, 15) is 26.0 Å². The lowest BCUT2D eigenvalue weighted by Crippen LogP contribution is -2.28. The van der Waals surface area contributed by atoms with Crippen molar-refractivity contribution < 1.29 is 30.8 Å². The molecule has 0 aliphatic carbocycles. The molecule has 0 fully saturated rings. The number of hydrogen-bond donors (Lipinski definition) is 1. The number of aromatic nitrogens is 2. The molecule has 0 unspecified atom stereocenters. The van der Waals surface area contributed by atoms with Crippen molar-refractivity contribution in [2.24, 2.45) is 0 Å². The zero-order chi connectivity index (χ0) is 23.1. The van der Waals surface area contributed by atoms with E-state index in [0.29, 0.717) is 30.8 Å². The van der Waals surface area contributed by atoms with Crippen molar-refractivity contribution in [3.8, 4) is 0 Å². The number of nitrogens with zero attached hydrogens (tertiary/aromatic N) is 2. The van der Waals surface area contributed by atoms with E-state index in [2.05, 4.69) is 10.4 Å². The minimum Gasteiger partial charge on any atom is -0.315 e. The van der Waals surface area contributed by atoms with Gasteiger partial charge in [-0.1, -0.05) is 13.8 Å². The Labute approximate surface area is 173 Å². The van der Waals surface area contributed by atoms with Gasteiger partial charge < -0.3 is 5.32 Å².